The highest BCUT2D eigenvalue weighted by Gasteiger charge is 2.31. The fourth-order valence-corrected chi connectivity index (χ4v) is 4.47. The summed E-state index contributed by atoms with van der Waals surface area (Å²) in [7, 11) is -3.72. The number of benzene rings is 2. The second-order valence-electron chi connectivity index (χ2n) is 8.33. The lowest BCUT2D eigenvalue weighted by Gasteiger charge is -2.33. The first-order chi connectivity index (χ1) is 15.6. The van der Waals surface area contributed by atoms with Gasteiger partial charge in [0.1, 0.15) is 12.6 Å². The van der Waals surface area contributed by atoms with Crippen molar-refractivity contribution in [1.29, 1.82) is 0 Å². The number of nitrogens with zero attached hydrogens (tertiary/aromatic N) is 2. The minimum Gasteiger partial charge on any atom is -0.354 e. The van der Waals surface area contributed by atoms with E-state index in [2.05, 4.69) is 5.32 Å². The van der Waals surface area contributed by atoms with Gasteiger partial charge in [0.25, 0.3) is 0 Å². The van der Waals surface area contributed by atoms with Gasteiger partial charge in [-0.1, -0.05) is 61.4 Å². The van der Waals surface area contributed by atoms with E-state index in [4.69, 9.17) is 0 Å². The van der Waals surface area contributed by atoms with Gasteiger partial charge < -0.3 is 10.2 Å². The third-order valence-corrected chi connectivity index (χ3v) is 6.51. The minimum atomic E-state index is -3.72. The lowest BCUT2D eigenvalue weighted by Crippen LogP contribution is -2.52. The summed E-state index contributed by atoms with van der Waals surface area (Å²) in [5.74, 6) is -0.664. The number of aryl methyl sites for hydroxylation is 2. The molecule has 0 unspecified atom stereocenters. The lowest BCUT2D eigenvalue weighted by molar-refractivity contribution is -0.140. The molecule has 1 N–H and O–H groups in total. The van der Waals surface area contributed by atoms with E-state index in [0.717, 1.165) is 33.7 Å². The summed E-state index contributed by atoms with van der Waals surface area (Å²) in [5, 5.41) is 2.87. The number of anilines is 1. The van der Waals surface area contributed by atoms with Crippen LogP contribution in [0.1, 0.15) is 43.4 Å². The van der Waals surface area contributed by atoms with Gasteiger partial charge in [-0.05, 0) is 44.4 Å². The van der Waals surface area contributed by atoms with Crippen molar-refractivity contribution >= 4 is 27.5 Å². The summed E-state index contributed by atoms with van der Waals surface area (Å²) < 4.78 is 26.2. The van der Waals surface area contributed by atoms with Crippen molar-refractivity contribution in [1.82, 2.24) is 10.2 Å². The molecule has 2 aromatic carbocycles. The van der Waals surface area contributed by atoms with Crippen LogP contribution in [0.3, 0.4) is 0 Å². The molecule has 0 saturated carbocycles. The summed E-state index contributed by atoms with van der Waals surface area (Å²) in [5.41, 5.74) is 3.32. The number of rotatable bonds is 11. The van der Waals surface area contributed by atoms with Crippen LogP contribution >= 0.6 is 0 Å². The standard InChI is InChI=1S/C25H35N3O4S/c1-6-15-26-25(30)23(7-2)27(17-21-10-8-9-20(4)16-21)24(29)18-28(33(5,31)32)22-13-11-19(3)12-14-22/h8-14,16,23H,6-7,15,17-18H2,1-5H3,(H,26,30)/t23-/m0/s1. The molecular weight excluding hydrogens is 438 g/mol. The molecule has 0 saturated heterocycles. The van der Waals surface area contributed by atoms with Crippen LogP contribution in [-0.2, 0) is 26.2 Å². The molecule has 0 spiro atoms. The van der Waals surface area contributed by atoms with Crippen molar-refractivity contribution in [2.75, 3.05) is 23.7 Å². The fraction of sp³-hybridized carbons (Fsp3) is 0.440. The Balaban J connectivity index is 2.41. The van der Waals surface area contributed by atoms with E-state index in [1.54, 1.807) is 24.3 Å². The number of hydrogen-bond acceptors (Lipinski definition) is 4. The van der Waals surface area contributed by atoms with Gasteiger partial charge in [0.15, 0.2) is 0 Å². The fourth-order valence-electron chi connectivity index (χ4n) is 3.62. The smallest absolute Gasteiger partial charge is 0.244 e. The van der Waals surface area contributed by atoms with Crippen molar-refractivity contribution in [3.05, 3.63) is 65.2 Å². The molecule has 33 heavy (non-hydrogen) atoms. The maximum atomic E-state index is 13.5. The zero-order valence-corrected chi connectivity index (χ0v) is 21.0. The first-order valence-electron chi connectivity index (χ1n) is 11.2. The molecule has 0 aliphatic heterocycles. The third-order valence-electron chi connectivity index (χ3n) is 5.37. The first-order valence-corrected chi connectivity index (χ1v) is 13.1. The topological polar surface area (TPSA) is 86.8 Å². The van der Waals surface area contributed by atoms with E-state index in [1.165, 1.54) is 4.90 Å². The molecule has 0 bridgehead atoms. The molecule has 8 heteroatoms. The molecule has 180 valence electrons. The predicted molar refractivity (Wildman–Crippen MR) is 132 cm³/mol. The molecule has 0 aromatic heterocycles. The number of sulfonamides is 1. The zero-order valence-electron chi connectivity index (χ0n) is 20.2. The van der Waals surface area contributed by atoms with Crippen LogP contribution < -0.4 is 9.62 Å². The van der Waals surface area contributed by atoms with Crippen LogP contribution in [0.2, 0.25) is 0 Å². The largest absolute Gasteiger partial charge is 0.354 e. The SMILES string of the molecule is CCCNC(=O)[C@H](CC)N(Cc1cccc(C)c1)C(=O)CN(c1ccc(C)cc1)S(C)(=O)=O. The summed E-state index contributed by atoms with van der Waals surface area (Å²) in [6.07, 6.45) is 2.27. The maximum Gasteiger partial charge on any atom is 0.244 e. The third kappa shape index (κ3) is 7.60. The van der Waals surface area contributed by atoms with Crippen LogP contribution in [0, 0.1) is 13.8 Å². The maximum absolute atomic E-state index is 13.5. The van der Waals surface area contributed by atoms with Gasteiger partial charge in [-0.3, -0.25) is 13.9 Å². The van der Waals surface area contributed by atoms with Crippen molar-refractivity contribution < 1.29 is 18.0 Å². The van der Waals surface area contributed by atoms with Crippen molar-refractivity contribution in [2.24, 2.45) is 0 Å². The molecule has 0 radical (unpaired) electrons. The quantitative estimate of drug-likeness (QED) is 0.542. The average Bonchev–Trinajstić information content (AvgIpc) is 2.75. The Kier molecular flexibility index (Phi) is 9.46. The normalized spacial score (nSPS) is 12.2. The molecule has 1 atom stereocenters. The van der Waals surface area contributed by atoms with Crippen LogP contribution in [-0.4, -0.2) is 50.5 Å². The van der Waals surface area contributed by atoms with Crippen LogP contribution in [0.5, 0.6) is 0 Å². The molecular formula is C25H35N3O4S. The Hall–Kier alpha value is -2.87. The number of carbonyl (C=O) groups excluding carboxylic acids is 2. The van der Waals surface area contributed by atoms with E-state index in [1.807, 2.05) is 52.0 Å². The van der Waals surface area contributed by atoms with E-state index < -0.39 is 22.0 Å². The predicted octanol–water partition coefficient (Wildman–Crippen LogP) is 3.40. The van der Waals surface area contributed by atoms with Crippen LogP contribution in [0.15, 0.2) is 48.5 Å². The summed E-state index contributed by atoms with van der Waals surface area (Å²) in [6.45, 7) is 8.02. The molecule has 7 nitrogen and oxygen atoms in total. The molecule has 2 rings (SSSR count). The van der Waals surface area contributed by atoms with Crippen LogP contribution in [0.4, 0.5) is 5.69 Å². The highest BCUT2D eigenvalue weighted by molar-refractivity contribution is 7.92. The van der Waals surface area contributed by atoms with Crippen molar-refractivity contribution in [3.63, 3.8) is 0 Å². The second-order valence-corrected chi connectivity index (χ2v) is 10.2. The van der Waals surface area contributed by atoms with E-state index in [0.29, 0.717) is 18.7 Å². The monoisotopic (exact) mass is 473 g/mol. The van der Waals surface area contributed by atoms with Gasteiger partial charge in [-0.2, -0.15) is 0 Å². The second kappa shape index (κ2) is 11.8. The Morgan fingerprint density at radius 2 is 1.67 bits per heavy atom. The van der Waals surface area contributed by atoms with Gasteiger partial charge in [-0.25, -0.2) is 8.42 Å². The van der Waals surface area contributed by atoms with Gasteiger partial charge in [0, 0.05) is 13.1 Å². The number of hydrogen-bond donors (Lipinski definition) is 1. The number of nitrogens with one attached hydrogen (secondary N) is 1. The Bertz CT molecular complexity index is 1050. The zero-order chi connectivity index (χ0) is 24.6. The van der Waals surface area contributed by atoms with Crippen molar-refractivity contribution in [2.45, 2.75) is 53.1 Å². The van der Waals surface area contributed by atoms with Gasteiger partial charge in [-0.15, -0.1) is 0 Å². The Morgan fingerprint density at radius 1 is 1.00 bits per heavy atom. The molecule has 2 amide bonds. The molecule has 0 heterocycles. The summed E-state index contributed by atoms with van der Waals surface area (Å²) in [6, 6.07) is 14.0. The molecule has 0 aliphatic carbocycles. The summed E-state index contributed by atoms with van der Waals surface area (Å²) in [4.78, 5) is 27.9. The highest BCUT2D eigenvalue weighted by atomic mass is 32.2. The van der Waals surface area contributed by atoms with E-state index >= 15 is 0 Å². The molecule has 0 aliphatic rings. The van der Waals surface area contributed by atoms with E-state index in [-0.39, 0.29) is 19.0 Å². The Morgan fingerprint density at radius 3 is 2.21 bits per heavy atom. The van der Waals surface area contributed by atoms with Crippen LogP contribution in [0.25, 0.3) is 0 Å². The summed E-state index contributed by atoms with van der Waals surface area (Å²) >= 11 is 0. The Labute approximate surface area is 197 Å². The van der Waals surface area contributed by atoms with Gasteiger partial charge >= 0.3 is 0 Å². The van der Waals surface area contributed by atoms with Crippen molar-refractivity contribution in [3.8, 4) is 0 Å². The minimum absolute atomic E-state index is 0.212. The lowest BCUT2D eigenvalue weighted by atomic mass is 10.1. The van der Waals surface area contributed by atoms with E-state index in [9.17, 15) is 18.0 Å². The molecule has 0 fully saturated rings. The number of amides is 2. The highest BCUT2D eigenvalue weighted by Crippen LogP contribution is 2.20. The molecule has 2 aromatic rings. The van der Waals surface area contributed by atoms with Gasteiger partial charge in [0.05, 0.1) is 11.9 Å². The van der Waals surface area contributed by atoms with Gasteiger partial charge in [0.2, 0.25) is 21.8 Å². The average molecular weight is 474 g/mol. The number of carbonyl (C=O) groups is 2. The first kappa shape index (κ1) is 26.4.